The Bertz CT molecular complexity index is 837. The van der Waals surface area contributed by atoms with Gasteiger partial charge in [-0.25, -0.2) is 9.67 Å². The molecule has 5 heteroatoms. The Balaban J connectivity index is 1.77. The van der Waals surface area contributed by atoms with Gasteiger partial charge in [0.05, 0.1) is 11.4 Å². The molecule has 1 aromatic carbocycles. The zero-order valence-corrected chi connectivity index (χ0v) is 15.3. The summed E-state index contributed by atoms with van der Waals surface area (Å²) in [6.45, 7) is 5.78. The number of anilines is 1. The highest BCUT2D eigenvalue weighted by Crippen LogP contribution is 2.19. The fraction of sp³-hybridized carbons (Fsp3) is 0.300. The monoisotopic (exact) mass is 335 g/mol. The van der Waals surface area contributed by atoms with Crippen LogP contribution in [0.5, 0.6) is 0 Å². The number of aromatic nitrogens is 3. The molecule has 1 N–H and O–H groups in total. The van der Waals surface area contributed by atoms with Crippen molar-refractivity contribution in [2.75, 3.05) is 19.4 Å². The zero-order chi connectivity index (χ0) is 17.8. The second kappa shape index (κ2) is 7.49. The van der Waals surface area contributed by atoms with Crippen LogP contribution in [0.15, 0.2) is 48.7 Å². The lowest BCUT2D eigenvalue weighted by atomic mass is 10.2. The van der Waals surface area contributed by atoms with E-state index in [0.717, 1.165) is 29.4 Å². The lowest BCUT2D eigenvalue weighted by molar-refractivity contribution is 0.402. The highest BCUT2D eigenvalue weighted by Gasteiger charge is 2.12. The molecule has 2 aromatic heterocycles. The standard InChI is InChI=1S/C20H25N5/c1-15-19(16(2)25(23-15)18-8-6-5-7-9-18)13-22-20-12-17(10-11-21-20)14-24(3)4/h5-12H,13-14H2,1-4H3,(H,21,22). The molecule has 0 aliphatic carbocycles. The van der Waals surface area contributed by atoms with Gasteiger partial charge in [0.25, 0.3) is 0 Å². The van der Waals surface area contributed by atoms with Crippen LogP contribution >= 0.6 is 0 Å². The van der Waals surface area contributed by atoms with E-state index in [-0.39, 0.29) is 0 Å². The molecule has 0 amide bonds. The number of nitrogens with one attached hydrogen (secondary N) is 1. The van der Waals surface area contributed by atoms with Gasteiger partial charge in [0.15, 0.2) is 0 Å². The number of benzene rings is 1. The van der Waals surface area contributed by atoms with Crippen LogP contribution < -0.4 is 5.32 Å². The molecule has 0 spiro atoms. The summed E-state index contributed by atoms with van der Waals surface area (Å²) in [4.78, 5) is 6.58. The maximum Gasteiger partial charge on any atom is 0.126 e. The Morgan fingerprint density at radius 1 is 1.08 bits per heavy atom. The SMILES string of the molecule is Cc1nn(-c2ccccc2)c(C)c1CNc1cc(CN(C)C)ccn1. The topological polar surface area (TPSA) is 46.0 Å². The van der Waals surface area contributed by atoms with Gasteiger partial charge in [-0.05, 0) is 57.8 Å². The lowest BCUT2D eigenvalue weighted by Crippen LogP contribution is -2.11. The molecule has 0 saturated carbocycles. The first kappa shape index (κ1) is 17.2. The van der Waals surface area contributed by atoms with E-state index in [1.54, 1.807) is 0 Å². The average Bonchev–Trinajstić information content (AvgIpc) is 2.88. The van der Waals surface area contributed by atoms with Gasteiger partial charge in [-0.3, -0.25) is 0 Å². The average molecular weight is 335 g/mol. The number of rotatable bonds is 6. The van der Waals surface area contributed by atoms with E-state index in [0.29, 0.717) is 6.54 Å². The van der Waals surface area contributed by atoms with E-state index in [1.165, 1.54) is 11.1 Å². The third-order valence-corrected chi connectivity index (χ3v) is 4.21. The third kappa shape index (κ3) is 4.06. The third-order valence-electron chi connectivity index (χ3n) is 4.21. The molecule has 0 radical (unpaired) electrons. The number of para-hydroxylation sites is 1. The summed E-state index contributed by atoms with van der Waals surface area (Å²) in [6, 6.07) is 14.4. The second-order valence-corrected chi connectivity index (χ2v) is 6.54. The summed E-state index contributed by atoms with van der Waals surface area (Å²) < 4.78 is 2.00. The fourth-order valence-corrected chi connectivity index (χ4v) is 2.96. The number of aryl methyl sites for hydroxylation is 1. The lowest BCUT2D eigenvalue weighted by Gasteiger charge is -2.11. The number of nitrogens with zero attached hydrogens (tertiary/aromatic N) is 4. The number of hydrogen-bond donors (Lipinski definition) is 1. The first-order valence-electron chi connectivity index (χ1n) is 8.48. The van der Waals surface area contributed by atoms with Gasteiger partial charge in [-0.1, -0.05) is 18.2 Å². The van der Waals surface area contributed by atoms with Crippen molar-refractivity contribution >= 4 is 5.82 Å². The van der Waals surface area contributed by atoms with Crippen LogP contribution in [0, 0.1) is 13.8 Å². The first-order chi connectivity index (χ1) is 12.0. The highest BCUT2D eigenvalue weighted by molar-refractivity contribution is 5.41. The van der Waals surface area contributed by atoms with Crippen molar-refractivity contribution in [2.45, 2.75) is 26.9 Å². The van der Waals surface area contributed by atoms with Gasteiger partial charge in [0.2, 0.25) is 0 Å². The molecule has 3 rings (SSSR count). The molecule has 5 nitrogen and oxygen atoms in total. The Kier molecular flexibility index (Phi) is 5.14. The van der Waals surface area contributed by atoms with Crippen molar-refractivity contribution < 1.29 is 0 Å². The molecular weight excluding hydrogens is 310 g/mol. The van der Waals surface area contributed by atoms with Crippen LogP contribution in [0.2, 0.25) is 0 Å². The molecule has 2 heterocycles. The number of hydrogen-bond acceptors (Lipinski definition) is 4. The Morgan fingerprint density at radius 3 is 2.56 bits per heavy atom. The summed E-state index contributed by atoms with van der Waals surface area (Å²) in [5, 5.41) is 8.14. The molecule has 0 unspecified atom stereocenters. The minimum absolute atomic E-state index is 0.711. The van der Waals surface area contributed by atoms with Gasteiger partial charge in [0.1, 0.15) is 5.82 Å². The predicted octanol–water partition coefficient (Wildman–Crippen LogP) is 3.56. The quantitative estimate of drug-likeness (QED) is 0.748. The molecule has 0 aliphatic rings. The molecule has 0 atom stereocenters. The fourth-order valence-electron chi connectivity index (χ4n) is 2.96. The molecule has 0 bridgehead atoms. The van der Waals surface area contributed by atoms with Gasteiger partial charge in [-0.15, -0.1) is 0 Å². The normalized spacial score (nSPS) is 11.1. The smallest absolute Gasteiger partial charge is 0.126 e. The summed E-state index contributed by atoms with van der Waals surface area (Å²) in [7, 11) is 4.14. The summed E-state index contributed by atoms with van der Waals surface area (Å²) in [5.74, 6) is 0.894. The minimum Gasteiger partial charge on any atom is -0.366 e. The molecule has 130 valence electrons. The maximum atomic E-state index is 4.70. The maximum absolute atomic E-state index is 4.70. The van der Waals surface area contributed by atoms with E-state index in [9.17, 15) is 0 Å². The highest BCUT2D eigenvalue weighted by atomic mass is 15.3. The van der Waals surface area contributed by atoms with E-state index in [2.05, 4.69) is 67.4 Å². The van der Waals surface area contributed by atoms with Crippen molar-refractivity contribution in [3.8, 4) is 5.69 Å². The minimum atomic E-state index is 0.711. The van der Waals surface area contributed by atoms with E-state index in [4.69, 9.17) is 5.10 Å². The van der Waals surface area contributed by atoms with Gasteiger partial charge in [-0.2, -0.15) is 5.10 Å². The van der Waals surface area contributed by atoms with Crippen molar-refractivity contribution in [1.82, 2.24) is 19.7 Å². The molecule has 3 aromatic rings. The molecule has 25 heavy (non-hydrogen) atoms. The van der Waals surface area contributed by atoms with Crippen LogP contribution in [0.4, 0.5) is 5.82 Å². The van der Waals surface area contributed by atoms with Crippen LogP contribution in [0.25, 0.3) is 5.69 Å². The molecule has 0 fully saturated rings. The van der Waals surface area contributed by atoms with Crippen LogP contribution in [-0.4, -0.2) is 33.8 Å². The van der Waals surface area contributed by atoms with Crippen LogP contribution in [0.1, 0.15) is 22.5 Å². The Labute approximate surface area is 149 Å². The van der Waals surface area contributed by atoms with E-state index in [1.807, 2.05) is 29.1 Å². The van der Waals surface area contributed by atoms with Crippen molar-refractivity contribution in [2.24, 2.45) is 0 Å². The summed E-state index contributed by atoms with van der Waals surface area (Å²) in [6.07, 6.45) is 1.86. The second-order valence-electron chi connectivity index (χ2n) is 6.54. The predicted molar refractivity (Wildman–Crippen MR) is 102 cm³/mol. The zero-order valence-electron chi connectivity index (χ0n) is 15.3. The number of pyridine rings is 1. The summed E-state index contributed by atoms with van der Waals surface area (Å²) >= 11 is 0. The van der Waals surface area contributed by atoms with Gasteiger partial charge < -0.3 is 10.2 Å². The van der Waals surface area contributed by atoms with Gasteiger partial charge in [0, 0.05) is 30.5 Å². The van der Waals surface area contributed by atoms with Gasteiger partial charge >= 0.3 is 0 Å². The van der Waals surface area contributed by atoms with Crippen LogP contribution in [0.3, 0.4) is 0 Å². The van der Waals surface area contributed by atoms with Crippen molar-refractivity contribution in [1.29, 1.82) is 0 Å². The molecular formula is C20H25N5. The van der Waals surface area contributed by atoms with Crippen molar-refractivity contribution in [3.05, 3.63) is 71.2 Å². The largest absolute Gasteiger partial charge is 0.366 e. The summed E-state index contributed by atoms with van der Waals surface area (Å²) in [5.41, 5.74) is 5.74. The van der Waals surface area contributed by atoms with E-state index >= 15 is 0 Å². The van der Waals surface area contributed by atoms with Crippen molar-refractivity contribution in [3.63, 3.8) is 0 Å². The Morgan fingerprint density at radius 2 is 1.84 bits per heavy atom. The van der Waals surface area contributed by atoms with Crippen LogP contribution in [-0.2, 0) is 13.1 Å². The Hall–Kier alpha value is -2.66. The molecule has 0 aliphatic heterocycles. The molecule has 0 saturated heterocycles. The first-order valence-corrected chi connectivity index (χ1v) is 8.48. The van der Waals surface area contributed by atoms with E-state index < -0.39 is 0 Å².